The standard InChI is InChI=1S/C22H25BN6O8S/c24-4-5-28-6-7-29(19(32)18(28)31)22(35)27-16(14-10-38-21(25)26-14)15(30)9-12-8-11-2-1-3-13(20(33)34)17(11)37-23(12)36/h1-3,10,12,16,36H,4-9,24H2,(H2,25,26)(H,27,35)(H,33,34)/t12-,16?/m1/s1. The van der Waals surface area contributed by atoms with Gasteiger partial charge in [0, 0.05) is 43.8 Å². The maximum absolute atomic E-state index is 13.4. The first-order chi connectivity index (χ1) is 18.1. The number of piperazine rings is 1. The molecule has 1 saturated heterocycles. The fourth-order valence-corrected chi connectivity index (χ4v) is 4.98. The van der Waals surface area contributed by atoms with Gasteiger partial charge in [-0.2, -0.15) is 0 Å². The van der Waals surface area contributed by atoms with E-state index in [1.54, 1.807) is 6.07 Å². The summed E-state index contributed by atoms with van der Waals surface area (Å²) < 4.78 is 5.46. The Balaban J connectivity index is 1.51. The average molecular weight is 544 g/mol. The van der Waals surface area contributed by atoms with Gasteiger partial charge in [0.2, 0.25) is 0 Å². The number of rotatable bonds is 8. The van der Waals surface area contributed by atoms with Crippen LogP contribution in [-0.4, -0.2) is 87.8 Å². The van der Waals surface area contributed by atoms with E-state index in [9.17, 15) is 34.1 Å². The van der Waals surface area contributed by atoms with Crippen LogP contribution in [0.2, 0.25) is 5.82 Å². The molecule has 0 bridgehead atoms. The van der Waals surface area contributed by atoms with E-state index in [1.807, 2.05) is 0 Å². The van der Waals surface area contributed by atoms with Crippen LogP contribution in [0, 0.1) is 0 Å². The summed E-state index contributed by atoms with van der Waals surface area (Å²) in [4.78, 5) is 68.8. The molecule has 16 heteroatoms. The van der Waals surface area contributed by atoms with Crippen LogP contribution in [0.15, 0.2) is 23.6 Å². The molecule has 2 aromatic rings. The van der Waals surface area contributed by atoms with Crippen molar-refractivity contribution in [2.24, 2.45) is 5.73 Å². The highest BCUT2D eigenvalue weighted by molar-refractivity contribution is 7.13. The Hall–Kier alpha value is -4.02. The maximum Gasteiger partial charge on any atom is 0.526 e. The van der Waals surface area contributed by atoms with Gasteiger partial charge in [-0.05, 0) is 18.1 Å². The second-order valence-electron chi connectivity index (χ2n) is 8.77. The van der Waals surface area contributed by atoms with Gasteiger partial charge in [0.05, 0.1) is 11.3 Å². The smallest absolute Gasteiger partial charge is 0.526 e. The number of imide groups is 1. The Kier molecular flexibility index (Phi) is 7.94. The van der Waals surface area contributed by atoms with Gasteiger partial charge in [0.15, 0.2) is 10.9 Å². The number of hydrogen-bond acceptors (Lipinski definition) is 11. The van der Waals surface area contributed by atoms with Gasteiger partial charge >= 0.3 is 30.9 Å². The van der Waals surface area contributed by atoms with Crippen molar-refractivity contribution in [2.75, 3.05) is 31.9 Å². The summed E-state index contributed by atoms with van der Waals surface area (Å²) in [5.74, 6) is -4.44. The molecule has 2 atom stereocenters. The predicted octanol–water partition coefficient (Wildman–Crippen LogP) is -0.751. The number of carboxylic acid groups (broad SMARTS) is 1. The lowest BCUT2D eigenvalue weighted by atomic mass is 9.64. The second kappa shape index (κ2) is 11.2. The number of carbonyl (C=O) groups excluding carboxylic acids is 4. The number of nitrogens with two attached hydrogens (primary N) is 2. The summed E-state index contributed by atoms with van der Waals surface area (Å²) in [6, 6.07) is 2.23. The summed E-state index contributed by atoms with van der Waals surface area (Å²) >= 11 is 1.04. The number of nitrogen functional groups attached to an aromatic ring is 1. The van der Waals surface area contributed by atoms with Gasteiger partial charge in [-0.3, -0.25) is 19.3 Å². The van der Waals surface area contributed by atoms with E-state index in [-0.39, 0.29) is 61.2 Å². The van der Waals surface area contributed by atoms with Crippen molar-refractivity contribution < 1.29 is 38.8 Å². The second-order valence-corrected chi connectivity index (χ2v) is 9.66. The van der Waals surface area contributed by atoms with Gasteiger partial charge in [-0.25, -0.2) is 14.6 Å². The molecule has 0 radical (unpaired) electrons. The highest BCUT2D eigenvalue weighted by atomic mass is 32.1. The van der Waals surface area contributed by atoms with Gasteiger partial charge in [0.25, 0.3) is 0 Å². The fraction of sp³-hybridized carbons (Fsp3) is 0.364. The highest BCUT2D eigenvalue weighted by Gasteiger charge is 2.41. The minimum Gasteiger partial charge on any atom is -0.535 e. The van der Waals surface area contributed by atoms with Crippen LogP contribution < -0.4 is 21.4 Å². The molecule has 0 saturated carbocycles. The number of nitrogens with zero attached hydrogens (tertiary/aromatic N) is 3. The number of nitrogens with one attached hydrogen (secondary N) is 1. The summed E-state index contributed by atoms with van der Waals surface area (Å²) in [5, 5.41) is 24.0. The number of aromatic carboxylic acids is 1. The van der Waals surface area contributed by atoms with Gasteiger partial charge < -0.3 is 36.5 Å². The number of carboxylic acids is 1. The number of para-hydroxylation sites is 1. The predicted molar refractivity (Wildman–Crippen MR) is 134 cm³/mol. The zero-order chi connectivity index (χ0) is 27.6. The molecule has 2 aliphatic rings. The van der Waals surface area contributed by atoms with Crippen LogP contribution in [0.1, 0.15) is 34.1 Å². The molecule has 1 fully saturated rings. The SMILES string of the molecule is NCCN1CCN(C(=O)NC(C(=O)C[C@H]2Cc3cccc(C(=O)O)c3OB2O)c2csc(N)n2)C(=O)C1=O. The molecule has 200 valence electrons. The van der Waals surface area contributed by atoms with Crippen LogP contribution in [0.5, 0.6) is 5.75 Å². The largest absolute Gasteiger partial charge is 0.535 e. The zero-order valence-electron chi connectivity index (χ0n) is 20.0. The summed E-state index contributed by atoms with van der Waals surface area (Å²) in [6.07, 6.45) is -0.142. The summed E-state index contributed by atoms with van der Waals surface area (Å²) in [7, 11) is -1.49. The molecule has 14 nitrogen and oxygen atoms in total. The lowest BCUT2D eigenvalue weighted by Crippen LogP contribution is -2.59. The van der Waals surface area contributed by atoms with Crippen LogP contribution in [0.4, 0.5) is 9.93 Å². The van der Waals surface area contributed by atoms with Crippen LogP contribution in [-0.2, 0) is 20.8 Å². The lowest BCUT2D eigenvalue weighted by Gasteiger charge is -2.33. The molecule has 1 aromatic heterocycles. The third-order valence-corrected chi connectivity index (χ3v) is 6.98. The third kappa shape index (κ3) is 5.46. The number of hydrogen-bond donors (Lipinski definition) is 5. The van der Waals surface area contributed by atoms with E-state index in [0.717, 1.165) is 11.3 Å². The first-order valence-electron chi connectivity index (χ1n) is 11.7. The van der Waals surface area contributed by atoms with Crippen LogP contribution >= 0.6 is 11.3 Å². The number of carbonyl (C=O) groups is 5. The van der Waals surface area contributed by atoms with E-state index in [1.165, 1.54) is 22.4 Å². The topological polar surface area (TPSA) is 218 Å². The van der Waals surface area contributed by atoms with Gasteiger partial charge in [-0.1, -0.05) is 12.1 Å². The molecule has 2 aliphatic heterocycles. The van der Waals surface area contributed by atoms with Gasteiger partial charge in [-0.15, -0.1) is 11.3 Å². The molecule has 1 unspecified atom stereocenters. The Morgan fingerprint density at radius 1 is 1.26 bits per heavy atom. The number of aromatic nitrogens is 1. The van der Waals surface area contributed by atoms with Crippen LogP contribution in [0.3, 0.4) is 0 Å². The van der Waals surface area contributed by atoms with E-state index < -0.39 is 48.6 Å². The summed E-state index contributed by atoms with van der Waals surface area (Å²) in [6.45, 7) is 0.336. The lowest BCUT2D eigenvalue weighted by molar-refractivity contribution is -0.153. The number of amides is 4. The van der Waals surface area contributed by atoms with Gasteiger partial charge in [0.1, 0.15) is 11.8 Å². The molecule has 4 amide bonds. The number of fused-ring (bicyclic) bond motifs is 1. The molecular weight excluding hydrogens is 519 g/mol. The van der Waals surface area contributed by atoms with Crippen molar-refractivity contribution in [1.29, 1.82) is 0 Å². The molecule has 1 aromatic carbocycles. The van der Waals surface area contributed by atoms with E-state index in [4.69, 9.17) is 16.1 Å². The Morgan fingerprint density at radius 3 is 2.68 bits per heavy atom. The molecule has 0 spiro atoms. The Bertz CT molecular complexity index is 1290. The summed E-state index contributed by atoms with van der Waals surface area (Å²) in [5.41, 5.74) is 11.7. The number of Topliss-reactive ketones (excluding diaryl/α,β-unsaturated/α-hetero) is 1. The molecule has 38 heavy (non-hydrogen) atoms. The molecule has 7 N–H and O–H groups in total. The fourth-order valence-electron chi connectivity index (χ4n) is 4.39. The minimum atomic E-state index is -1.49. The molecule has 0 aliphatic carbocycles. The van der Waals surface area contributed by atoms with Crippen molar-refractivity contribution in [2.45, 2.75) is 24.7 Å². The number of thiazole rings is 1. The first-order valence-corrected chi connectivity index (χ1v) is 12.5. The average Bonchev–Trinajstić information content (AvgIpc) is 3.31. The number of ketones is 1. The molecule has 4 rings (SSSR count). The van der Waals surface area contributed by atoms with E-state index in [0.29, 0.717) is 10.5 Å². The first kappa shape index (κ1) is 27.0. The van der Waals surface area contributed by atoms with Crippen molar-refractivity contribution >= 4 is 53.2 Å². The number of anilines is 1. The number of benzene rings is 1. The minimum absolute atomic E-state index is 0.0327. The monoisotopic (exact) mass is 544 g/mol. The molecule has 3 heterocycles. The van der Waals surface area contributed by atoms with Crippen molar-refractivity contribution in [3.8, 4) is 5.75 Å². The zero-order valence-corrected chi connectivity index (χ0v) is 20.8. The van der Waals surface area contributed by atoms with Crippen molar-refractivity contribution in [3.05, 3.63) is 40.4 Å². The van der Waals surface area contributed by atoms with Crippen molar-refractivity contribution in [1.82, 2.24) is 20.1 Å². The quantitative estimate of drug-likeness (QED) is 0.206. The normalized spacial score (nSPS) is 18.1. The van der Waals surface area contributed by atoms with E-state index in [2.05, 4.69) is 10.3 Å². The number of urea groups is 1. The highest BCUT2D eigenvalue weighted by Crippen LogP contribution is 2.37. The van der Waals surface area contributed by atoms with Crippen LogP contribution in [0.25, 0.3) is 0 Å². The Morgan fingerprint density at radius 2 is 2.03 bits per heavy atom. The maximum atomic E-state index is 13.4. The van der Waals surface area contributed by atoms with E-state index >= 15 is 0 Å². The molecular formula is C22H25BN6O8S. The third-order valence-electron chi connectivity index (χ3n) is 6.29. The van der Waals surface area contributed by atoms with Crippen molar-refractivity contribution in [3.63, 3.8) is 0 Å². The Labute approximate surface area is 220 Å².